The number of amides is 3. The number of carbonyl (C=O) groups excluding carboxylic acids is 3. The first-order chi connectivity index (χ1) is 15.9. The molecule has 190 valence electrons. The fourth-order valence-corrected chi connectivity index (χ4v) is 3.19. The number of thiol groups is 1. The summed E-state index contributed by atoms with van der Waals surface area (Å²) in [4.78, 5) is 49.7. The molecule has 0 aliphatic carbocycles. The summed E-state index contributed by atoms with van der Waals surface area (Å²) >= 11 is 3.97. The highest BCUT2D eigenvalue weighted by molar-refractivity contribution is 7.80. The SMILES string of the molecule is CCC(C)C(NC(=O)C(NC(=O)C(Cc1ccc(O)cc1)NC(=O)C(N)CS)C(C)O)C(=O)O. The van der Waals surface area contributed by atoms with Gasteiger partial charge in [-0.1, -0.05) is 32.4 Å². The highest BCUT2D eigenvalue weighted by atomic mass is 32.1. The summed E-state index contributed by atoms with van der Waals surface area (Å²) < 4.78 is 0. The first kappa shape index (κ1) is 29.2. The number of aliphatic hydroxyl groups is 1. The average molecular weight is 499 g/mol. The zero-order valence-electron chi connectivity index (χ0n) is 19.4. The molecule has 12 heteroatoms. The van der Waals surface area contributed by atoms with Crippen LogP contribution < -0.4 is 21.7 Å². The van der Waals surface area contributed by atoms with Crippen LogP contribution >= 0.6 is 12.6 Å². The molecule has 0 spiro atoms. The van der Waals surface area contributed by atoms with Gasteiger partial charge in [0, 0.05) is 12.2 Å². The van der Waals surface area contributed by atoms with Crippen LogP contribution in [0.3, 0.4) is 0 Å². The van der Waals surface area contributed by atoms with E-state index in [1.54, 1.807) is 26.0 Å². The van der Waals surface area contributed by atoms with Crippen LogP contribution in [0, 0.1) is 5.92 Å². The molecule has 0 aromatic heterocycles. The van der Waals surface area contributed by atoms with E-state index in [0.717, 1.165) is 0 Å². The van der Waals surface area contributed by atoms with Crippen molar-refractivity contribution in [1.82, 2.24) is 16.0 Å². The quantitative estimate of drug-likeness (QED) is 0.161. The van der Waals surface area contributed by atoms with Crippen molar-refractivity contribution in [3.63, 3.8) is 0 Å². The number of phenols is 1. The van der Waals surface area contributed by atoms with Crippen molar-refractivity contribution in [2.24, 2.45) is 11.7 Å². The summed E-state index contributed by atoms with van der Waals surface area (Å²) in [7, 11) is 0. The third-order valence-electron chi connectivity index (χ3n) is 5.38. The number of rotatable bonds is 13. The normalized spacial score (nSPS) is 16.3. The largest absolute Gasteiger partial charge is 0.508 e. The fraction of sp³-hybridized carbons (Fsp3) is 0.545. The van der Waals surface area contributed by atoms with Gasteiger partial charge in [-0.25, -0.2) is 4.79 Å². The molecule has 1 aromatic rings. The van der Waals surface area contributed by atoms with Crippen molar-refractivity contribution in [3.8, 4) is 5.75 Å². The summed E-state index contributed by atoms with van der Waals surface area (Å²) in [6.45, 7) is 4.70. The summed E-state index contributed by atoms with van der Waals surface area (Å²) in [5, 5.41) is 36.3. The van der Waals surface area contributed by atoms with Gasteiger partial charge in [0.15, 0.2) is 0 Å². The van der Waals surface area contributed by atoms with Gasteiger partial charge in [0.1, 0.15) is 23.9 Å². The number of phenolic OH excluding ortho intramolecular Hbond substituents is 1. The molecule has 0 radical (unpaired) electrons. The lowest BCUT2D eigenvalue weighted by atomic mass is 9.98. The number of nitrogens with two attached hydrogens (primary N) is 1. The lowest BCUT2D eigenvalue weighted by molar-refractivity contribution is -0.144. The molecule has 0 fully saturated rings. The predicted octanol–water partition coefficient (Wildman–Crippen LogP) is -0.842. The molecule has 0 heterocycles. The number of aromatic hydroxyl groups is 1. The zero-order valence-corrected chi connectivity index (χ0v) is 20.3. The molecule has 6 unspecified atom stereocenters. The van der Waals surface area contributed by atoms with Crippen LogP contribution in [-0.2, 0) is 25.6 Å². The molecule has 1 aromatic carbocycles. The molecule has 0 saturated heterocycles. The molecule has 3 amide bonds. The van der Waals surface area contributed by atoms with Gasteiger partial charge in [0.2, 0.25) is 17.7 Å². The summed E-state index contributed by atoms with van der Waals surface area (Å²) in [6, 6.07) is 1.10. The molecule has 0 saturated carbocycles. The number of carboxylic acids is 1. The predicted molar refractivity (Wildman–Crippen MR) is 128 cm³/mol. The van der Waals surface area contributed by atoms with Crippen molar-refractivity contribution in [2.45, 2.75) is 63.9 Å². The summed E-state index contributed by atoms with van der Waals surface area (Å²) in [6.07, 6.45) is -0.884. The minimum absolute atomic E-state index is 0.00405. The van der Waals surface area contributed by atoms with Crippen LogP contribution in [0.5, 0.6) is 5.75 Å². The van der Waals surface area contributed by atoms with Gasteiger partial charge in [0.05, 0.1) is 12.1 Å². The van der Waals surface area contributed by atoms with Crippen molar-refractivity contribution in [1.29, 1.82) is 0 Å². The van der Waals surface area contributed by atoms with E-state index in [4.69, 9.17) is 5.73 Å². The third-order valence-corrected chi connectivity index (χ3v) is 5.78. The van der Waals surface area contributed by atoms with Gasteiger partial charge in [-0.3, -0.25) is 14.4 Å². The standard InChI is InChI=1S/C22H34N4O7S/c1-4-11(2)17(22(32)33)25-21(31)18(12(3)27)26-20(30)16(24-19(29)15(23)10-34)9-13-5-7-14(28)8-6-13/h5-8,11-12,15-18,27-28,34H,4,9-10,23H2,1-3H3,(H,24,29)(H,25,31)(H,26,30)(H,32,33). The van der Waals surface area contributed by atoms with Gasteiger partial charge in [0.25, 0.3) is 0 Å². The molecule has 0 aliphatic rings. The average Bonchev–Trinajstić information content (AvgIpc) is 2.79. The smallest absolute Gasteiger partial charge is 0.326 e. The Labute approximate surface area is 203 Å². The highest BCUT2D eigenvalue weighted by Crippen LogP contribution is 2.12. The monoisotopic (exact) mass is 498 g/mol. The Morgan fingerprint density at radius 2 is 1.53 bits per heavy atom. The minimum atomic E-state index is -1.48. The second-order valence-electron chi connectivity index (χ2n) is 8.16. The van der Waals surface area contributed by atoms with Crippen LogP contribution in [0.1, 0.15) is 32.8 Å². The Kier molecular flexibility index (Phi) is 11.8. The Balaban J connectivity index is 3.09. The van der Waals surface area contributed by atoms with E-state index in [9.17, 15) is 34.5 Å². The van der Waals surface area contributed by atoms with Crippen molar-refractivity contribution < 1.29 is 34.5 Å². The lowest BCUT2D eigenvalue weighted by Gasteiger charge is -2.27. The highest BCUT2D eigenvalue weighted by Gasteiger charge is 2.34. The number of aliphatic hydroxyl groups excluding tert-OH is 1. The molecule has 0 aliphatic heterocycles. The van der Waals surface area contributed by atoms with Crippen LogP contribution in [0.4, 0.5) is 0 Å². The Morgan fingerprint density at radius 1 is 0.971 bits per heavy atom. The number of hydrogen-bond acceptors (Lipinski definition) is 8. The van der Waals surface area contributed by atoms with Crippen molar-refractivity contribution in [3.05, 3.63) is 29.8 Å². The second kappa shape index (κ2) is 13.8. The van der Waals surface area contributed by atoms with Gasteiger partial charge < -0.3 is 37.0 Å². The Morgan fingerprint density at radius 3 is 2.00 bits per heavy atom. The Bertz CT molecular complexity index is 850. The number of aliphatic carboxylic acids is 1. The van der Waals surface area contributed by atoms with E-state index in [1.807, 2.05) is 0 Å². The van der Waals surface area contributed by atoms with Gasteiger partial charge in [-0.2, -0.15) is 12.6 Å². The topological polar surface area (TPSA) is 191 Å². The van der Waals surface area contributed by atoms with E-state index in [0.29, 0.717) is 12.0 Å². The minimum Gasteiger partial charge on any atom is -0.508 e. The number of carbonyl (C=O) groups is 4. The van der Waals surface area contributed by atoms with E-state index >= 15 is 0 Å². The number of nitrogens with one attached hydrogen (secondary N) is 3. The molecule has 6 atom stereocenters. The molecular formula is C22H34N4O7S. The zero-order chi connectivity index (χ0) is 26.0. The van der Waals surface area contributed by atoms with Gasteiger partial charge in [-0.05, 0) is 30.5 Å². The maximum absolute atomic E-state index is 13.0. The van der Waals surface area contributed by atoms with Crippen LogP contribution in [0.15, 0.2) is 24.3 Å². The van der Waals surface area contributed by atoms with E-state index in [2.05, 4.69) is 28.6 Å². The van der Waals surface area contributed by atoms with E-state index in [1.165, 1.54) is 19.1 Å². The fourth-order valence-electron chi connectivity index (χ4n) is 3.02. The lowest BCUT2D eigenvalue weighted by Crippen LogP contribution is -2.60. The first-order valence-electron chi connectivity index (χ1n) is 10.9. The second-order valence-corrected chi connectivity index (χ2v) is 8.52. The maximum atomic E-state index is 13.0. The van der Waals surface area contributed by atoms with Crippen LogP contribution in [0.25, 0.3) is 0 Å². The summed E-state index contributed by atoms with van der Waals surface area (Å²) in [5.74, 6) is -3.89. The molecule has 34 heavy (non-hydrogen) atoms. The molecular weight excluding hydrogens is 464 g/mol. The van der Waals surface area contributed by atoms with Gasteiger partial charge in [-0.15, -0.1) is 0 Å². The maximum Gasteiger partial charge on any atom is 0.326 e. The molecule has 0 bridgehead atoms. The van der Waals surface area contributed by atoms with Crippen LogP contribution in [-0.4, -0.2) is 75.0 Å². The number of benzene rings is 1. The molecule has 1 rings (SSSR count). The number of hydrogen-bond donors (Lipinski definition) is 8. The summed E-state index contributed by atoms with van der Waals surface area (Å²) in [5.41, 5.74) is 6.28. The molecule has 11 nitrogen and oxygen atoms in total. The van der Waals surface area contributed by atoms with Crippen LogP contribution in [0.2, 0.25) is 0 Å². The first-order valence-corrected chi connectivity index (χ1v) is 11.5. The van der Waals surface area contributed by atoms with E-state index < -0.39 is 59.9 Å². The Hall–Kier alpha value is -2.83. The van der Waals surface area contributed by atoms with Gasteiger partial charge >= 0.3 is 5.97 Å². The third kappa shape index (κ3) is 8.84. The van der Waals surface area contributed by atoms with Crippen molar-refractivity contribution in [2.75, 3.05) is 5.75 Å². The number of carboxylic acid groups (broad SMARTS) is 1. The van der Waals surface area contributed by atoms with Crippen molar-refractivity contribution >= 4 is 36.3 Å². The molecule has 8 N–H and O–H groups in total. The van der Waals surface area contributed by atoms with E-state index in [-0.39, 0.29) is 17.9 Å².